The lowest BCUT2D eigenvalue weighted by Gasteiger charge is -2.11. The molecule has 0 unspecified atom stereocenters. The molecule has 3 aromatic carbocycles. The molecule has 0 spiro atoms. The van der Waals surface area contributed by atoms with E-state index in [9.17, 15) is 26.9 Å². The van der Waals surface area contributed by atoms with Crippen molar-refractivity contribution in [2.45, 2.75) is 11.1 Å². The van der Waals surface area contributed by atoms with Crippen LogP contribution in [0.3, 0.4) is 0 Å². The van der Waals surface area contributed by atoms with Crippen LogP contribution in [0.5, 0.6) is 11.5 Å². The normalized spacial score (nSPS) is 11.6. The van der Waals surface area contributed by atoms with Crippen molar-refractivity contribution in [3.05, 3.63) is 95.3 Å². The number of halogens is 4. The number of nitrogens with one attached hydrogen (secondary N) is 1. The lowest BCUT2D eigenvalue weighted by atomic mass is 10.2. The molecular weight excluding hydrogens is 505 g/mol. The zero-order valence-corrected chi connectivity index (χ0v) is 19.1. The minimum absolute atomic E-state index is 0.0533. The Kier molecular flexibility index (Phi) is 6.43. The first-order valence-electron chi connectivity index (χ1n) is 9.79. The maximum atomic E-state index is 12.7. The zero-order valence-electron chi connectivity index (χ0n) is 17.5. The van der Waals surface area contributed by atoms with Crippen LogP contribution in [0.2, 0.25) is 5.02 Å². The van der Waals surface area contributed by atoms with Crippen molar-refractivity contribution in [2.24, 2.45) is 0 Å². The third-order valence-corrected chi connectivity index (χ3v) is 6.42. The predicted octanol–water partition coefficient (Wildman–Crippen LogP) is 6.01. The summed E-state index contributed by atoms with van der Waals surface area (Å²) in [6.45, 7) is 0. The summed E-state index contributed by atoms with van der Waals surface area (Å²) in [4.78, 5) is -0.0533. The lowest BCUT2D eigenvalue weighted by Crippen LogP contribution is -2.13. The Bertz CT molecular complexity index is 1510. The number of nitriles is 1. The minimum atomic E-state index is -4.56. The van der Waals surface area contributed by atoms with Gasteiger partial charge in [-0.3, -0.25) is 4.72 Å². The standard InChI is InChI=1S/C23H14ClF3N4O3S/c24-20-2-1-3-21(19(20)14-28)34-17-8-10-18(11-9-17)35(32,33)30-15-4-6-16(7-5-15)31-13-12-22(29-31)23(25,26)27/h1-13,30H. The van der Waals surface area contributed by atoms with E-state index in [2.05, 4.69) is 9.82 Å². The van der Waals surface area contributed by atoms with Gasteiger partial charge in [0.1, 0.15) is 23.1 Å². The summed E-state index contributed by atoms with van der Waals surface area (Å²) in [6, 6.07) is 18.7. The molecule has 0 atom stereocenters. The zero-order chi connectivity index (χ0) is 25.2. The second kappa shape index (κ2) is 9.32. The van der Waals surface area contributed by atoms with Crippen molar-refractivity contribution >= 4 is 27.3 Å². The molecule has 0 bridgehead atoms. The molecule has 35 heavy (non-hydrogen) atoms. The molecule has 0 saturated carbocycles. The molecule has 1 aromatic heterocycles. The van der Waals surface area contributed by atoms with Gasteiger partial charge in [0.15, 0.2) is 5.69 Å². The molecule has 178 valence electrons. The van der Waals surface area contributed by atoms with Gasteiger partial charge in [0.25, 0.3) is 10.0 Å². The third kappa shape index (κ3) is 5.40. The van der Waals surface area contributed by atoms with Crippen molar-refractivity contribution in [1.29, 1.82) is 5.26 Å². The van der Waals surface area contributed by atoms with Crippen LogP contribution in [0.4, 0.5) is 18.9 Å². The quantitative estimate of drug-likeness (QED) is 0.337. The first kappa shape index (κ1) is 24.1. The van der Waals surface area contributed by atoms with Crippen LogP contribution in [0, 0.1) is 11.3 Å². The molecule has 0 radical (unpaired) electrons. The van der Waals surface area contributed by atoms with Crippen LogP contribution in [-0.2, 0) is 16.2 Å². The summed E-state index contributed by atoms with van der Waals surface area (Å²) in [7, 11) is -3.97. The summed E-state index contributed by atoms with van der Waals surface area (Å²) in [5.74, 6) is 0.526. The van der Waals surface area contributed by atoms with Gasteiger partial charge in [-0.15, -0.1) is 0 Å². The Balaban J connectivity index is 1.47. The molecule has 0 saturated heterocycles. The van der Waals surface area contributed by atoms with E-state index in [1.807, 2.05) is 6.07 Å². The maximum Gasteiger partial charge on any atom is 0.435 e. The van der Waals surface area contributed by atoms with Crippen molar-refractivity contribution in [2.75, 3.05) is 4.72 Å². The minimum Gasteiger partial charge on any atom is -0.456 e. The average molecular weight is 519 g/mol. The van der Waals surface area contributed by atoms with Gasteiger partial charge in [-0.2, -0.15) is 23.5 Å². The fraction of sp³-hybridized carbons (Fsp3) is 0.0435. The predicted molar refractivity (Wildman–Crippen MR) is 122 cm³/mol. The molecule has 12 heteroatoms. The van der Waals surface area contributed by atoms with E-state index < -0.39 is 21.9 Å². The second-order valence-electron chi connectivity index (χ2n) is 7.09. The Morgan fingerprint density at radius 2 is 1.69 bits per heavy atom. The van der Waals surface area contributed by atoms with Gasteiger partial charge in [-0.25, -0.2) is 13.1 Å². The van der Waals surface area contributed by atoms with Crippen molar-refractivity contribution in [1.82, 2.24) is 9.78 Å². The second-order valence-corrected chi connectivity index (χ2v) is 9.18. The van der Waals surface area contributed by atoms with Crippen molar-refractivity contribution < 1.29 is 26.3 Å². The van der Waals surface area contributed by atoms with E-state index in [4.69, 9.17) is 16.3 Å². The van der Waals surface area contributed by atoms with Crippen LogP contribution >= 0.6 is 11.6 Å². The topological polar surface area (TPSA) is 97.0 Å². The van der Waals surface area contributed by atoms with Crippen LogP contribution in [0.15, 0.2) is 83.9 Å². The number of nitrogens with zero attached hydrogens (tertiary/aromatic N) is 3. The Labute approximate surface area is 203 Å². The molecular formula is C23H14ClF3N4O3S. The van der Waals surface area contributed by atoms with E-state index in [-0.39, 0.29) is 26.9 Å². The van der Waals surface area contributed by atoms with Crippen LogP contribution in [0.25, 0.3) is 5.69 Å². The van der Waals surface area contributed by atoms with Gasteiger partial charge < -0.3 is 4.74 Å². The molecule has 1 N–H and O–H groups in total. The van der Waals surface area contributed by atoms with E-state index in [0.29, 0.717) is 11.4 Å². The van der Waals surface area contributed by atoms with Crippen LogP contribution in [0.1, 0.15) is 11.3 Å². The first-order valence-corrected chi connectivity index (χ1v) is 11.7. The highest BCUT2D eigenvalue weighted by Gasteiger charge is 2.33. The van der Waals surface area contributed by atoms with E-state index in [1.165, 1.54) is 48.5 Å². The summed E-state index contributed by atoms with van der Waals surface area (Å²) < 4.78 is 72.7. The molecule has 0 aliphatic heterocycles. The number of aromatic nitrogens is 2. The van der Waals surface area contributed by atoms with Crippen molar-refractivity contribution in [3.8, 4) is 23.3 Å². The number of hydrogen-bond donors (Lipinski definition) is 1. The summed E-state index contributed by atoms with van der Waals surface area (Å²) in [5, 5.41) is 12.9. The highest BCUT2D eigenvalue weighted by atomic mass is 35.5. The Morgan fingerprint density at radius 3 is 2.29 bits per heavy atom. The number of benzene rings is 3. The monoisotopic (exact) mass is 518 g/mol. The Morgan fingerprint density at radius 1 is 1.00 bits per heavy atom. The van der Waals surface area contributed by atoms with Gasteiger partial charge in [0, 0.05) is 11.9 Å². The highest BCUT2D eigenvalue weighted by molar-refractivity contribution is 7.92. The Hall–Kier alpha value is -4.01. The molecule has 0 aliphatic rings. The average Bonchev–Trinajstić information content (AvgIpc) is 3.31. The molecule has 4 aromatic rings. The molecule has 0 aliphatic carbocycles. The van der Waals surface area contributed by atoms with E-state index in [1.54, 1.807) is 18.2 Å². The van der Waals surface area contributed by atoms with Crippen LogP contribution in [-0.4, -0.2) is 18.2 Å². The maximum absolute atomic E-state index is 12.7. The van der Waals surface area contributed by atoms with Crippen molar-refractivity contribution in [3.63, 3.8) is 0 Å². The third-order valence-electron chi connectivity index (χ3n) is 4.71. The number of alkyl halides is 3. The summed E-state index contributed by atoms with van der Waals surface area (Å²) in [6.07, 6.45) is -3.40. The van der Waals surface area contributed by atoms with Crippen LogP contribution < -0.4 is 9.46 Å². The largest absolute Gasteiger partial charge is 0.456 e. The van der Waals surface area contributed by atoms with E-state index >= 15 is 0 Å². The molecule has 0 fully saturated rings. The highest BCUT2D eigenvalue weighted by Crippen LogP contribution is 2.31. The molecule has 4 rings (SSSR count). The number of anilines is 1. The van der Waals surface area contributed by atoms with Gasteiger partial charge in [0.2, 0.25) is 0 Å². The molecule has 1 heterocycles. The number of ether oxygens (including phenoxy) is 1. The number of hydrogen-bond acceptors (Lipinski definition) is 5. The molecule has 0 amide bonds. The first-order chi connectivity index (χ1) is 16.6. The van der Waals surface area contributed by atoms with Gasteiger partial charge in [0.05, 0.1) is 15.6 Å². The van der Waals surface area contributed by atoms with E-state index in [0.717, 1.165) is 16.9 Å². The molecule has 7 nitrogen and oxygen atoms in total. The SMILES string of the molecule is N#Cc1c(Cl)cccc1Oc1ccc(S(=O)(=O)Nc2ccc(-n3ccc(C(F)(F)F)n3)cc2)cc1. The number of sulfonamides is 1. The summed E-state index contributed by atoms with van der Waals surface area (Å²) >= 11 is 5.98. The van der Waals surface area contributed by atoms with Gasteiger partial charge in [-0.05, 0) is 66.7 Å². The van der Waals surface area contributed by atoms with Gasteiger partial charge in [-0.1, -0.05) is 17.7 Å². The fourth-order valence-electron chi connectivity index (χ4n) is 3.03. The summed E-state index contributed by atoms with van der Waals surface area (Å²) in [5.41, 5.74) is -0.354. The fourth-order valence-corrected chi connectivity index (χ4v) is 4.29. The smallest absolute Gasteiger partial charge is 0.435 e. The number of rotatable bonds is 6. The lowest BCUT2D eigenvalue weighted by molar-refractivity contribution is -0.141. The van der Waals surface area contributed by atoms with Gasteiger partial charge >= 0.3 is 6.18 Å².